The first-order valence-corrected chi connectivity index (χ1v) is 9.57. The van der Waals surface area contributed by atoms with Crippen molar-refractivity contribution < 1.29 is 14.3 Å². The first-order chi connectivity index (χ1) is 13.7. The smallest absolute Gasteiger partial charge is 0.310 e. The van der Waals surface area contributed by atoms with E-state index in [-0.39, 0.29) is 24.9 Å². The highest BCUT2D eigenvalue weighted by atomic mass is 16.5. The van der Waals surface area contributed by atoms with Crippen LogP contribution in [0.15, 0.2) is 60.8 Å². The van der Waals surface area contributed by atoms with Crippen molar-refractivity contribution in [3.05, 3.63) is 77.5 Å². The number of ether oxygens (including phenoxy) is 1. The molecule has 0 aliphatic carbocycles. The molecule has 0 bridgehead atoms. The lowest BCUT2D eigenvalue weighted by Crippen LogP contribution is -2.27. The molecule has 1 saturated heterocycles. The number of carbonyl (C=O) groups is 2. The molecular weight excluding hydrogens is 352 g/mol. The SMILES string of the molecule is O=C(Cc1cccc2cccnc12)OCc1ccc(C(=O)N2CCCC2)cc1. The summed E-state index contributed by atoms with van der Waals surface area (Å²) >= 11 is 0. The lowest BCUT2D eigenvalue weighted by molar-refractivity contribution is -0.144. The fourth-order valence-corrected chi connectivity index (χ4v) is 3.53. The molecule has 1 aromatic heterocycles. The molecule has 5 heteroatoms. The van der Waals surface area contributed by atoms with Crippen LogP contribution in [0.3, 0.4) is 0 Å². The van der Waals surface area contributed by atoms with E-state index >= 15 is 0 Å². The molecule has 142 valence electrons. The maximum Gasteiger partial charge on any atom is 0.310 e. The second-order valence-corrected chi connectivity index (χ2v) is 7.03. The molecule has 1 amide bonds. The van der Waals surface area contributed by atoms with Gasteiger partial charge in [-0.3, -0.25) is 14.6 Å². The van der Waals surface area contributed by atoms with Gasteiger partial charge in [0.1, 0.15) is 6.61 Å². The Kier molecular flexibility index (Phi) is 5.33. The van der Waals surface area contributed by atoms with Crippen LogP contribution < -0.4 is 0 Å². The molecule has 1 fully saturated rings. The number of likely N-dealkylation sites (tertiary alicyclic amines) is 1. The Morgan fingerprint density at radius 3 is 2.50 bits per heavy atom. The second-order valence-electron chi connectivity index (χ2n) is 7.03. The van der Waals surface area contributed by atoms with Crippen molar-refractivity contribution in [3.8, 4) is 0 Å². The molecule has 0 atom stereocenters. The third-order valence-corrected chi connectivity index (χ3v) is 5.05. The van der Waals surface area contributed by atoms with Crippen LogP contribution in [-0.2, 0) is 22.6 Å². The van der Waals surface area contributed by atoms with Crippen LogP contribution in [0.5, 0.6) is 0 Å². The molecule has 2 aromatic carbocycles. The van der Waals surface area contributed by atoms with Crippen molar-refractivity contribution in [2.75, 3.05) is 13.1 Å². The largest absolute Gasteiger partial charge is 0.461 e. The number of esters is 1. The molecule has 0 N–H and O–H groups in total. The Labute approximate surface area is 163 Å². The van der Waals surface area contributed by atoms with Gasteiger partial charge in [-0.2, -0.15) is 0 Å². The van der Waals surface area contributed by atoms with Crippen LogP contribution in [0.25, 0.3) is 10.9 Å². The molecule has 5 nitrogen and oxygen atoms in total. The number of benzene rings is 2. The van der Waals surface area contributed by atoms with Crippen LogP contribution in [0.2, 0.25) is 0 Å². The number of amides is 1. The molecular formula is C23H22N2O3. The monoisotopic (exact) mass is 374 g/mol. The van der Waals surface area contributed by atoms with E-state index in [1.54, 1.807) is 18.3 Å². The van der Waals surface area contributed by atoms with Gasteiger partial charge in [-0.05, 0) is 42.2 Å². The summed E-state index contributed by atoms with van der Waals surface area (Å²) in [6.07, 6.45) is 4.06. The quantitative estimate of drug-likeness (QED) is 0.638. The van der Waals surface area contributed by atoms with Crippen molar-refractivity contribution in [1.29, 1.82) is 0 Å². The fraction of sp³-hybridized carbons (Fsp3) is 0.261. The van der Waals surface area contributed by atoms with Crippen molar-refractivity contribution >= 4 is 22.8 Å². The highest BCUT2D eigenvalue weighted by Gasteiger charge is 2.19. The van der Waals surface area contributed by atoms with Gasteiger partial charge < -0.3 is 9.64 Å². The minimum Gasteiger partial charge on any atom is -0.461 e. The topological polar surface area (TPSA) is 59.5 Å². The Balaban J connectivity index is 1.35. The first kappa shape index (κ1) is 18.2. The summed E-state index contributed by atoms with van der Waals surface area (Å²) in [7, 11) is 0. The van der Waals surface area contributed by atoms with Crippen molar-refractivity contribution in [2.24, 2.45) is 0 Å². The van der Waals surface area contributed by atoms with E-state index < -0.39 is 0 Å². The number of fused-ring (bicyclic) bond motifs is 1. The van der Waals surface area contributed by atoms with E-state index in [1.165, 1.54) is 0 Å². The van der Waals surface area contributed by atoms with Gasteiger partial charge in [0, 0.05) is 30.2 Å². The van der Waals surface area contributed by atoms with Crippen LogP contribution >= 0.6 is 0 Å². The standard InChI is InChI=1S/C23H22N2O3/c26-21(15-20-6-3-5-18-7-4-12-24-22(18)20)28-16-17-8-10-19(11-9-17)23(27)25-13-1-2-14-25/h3-12H,1-2,13-16H2. The van der Waals surface area contributed by atoms with Gasteiger partial charge in [0.25, 0.3) is 5.91 Å². The number of hydrogen-bond acceptors (Lipinski definition) is 4. The Morgan fingerprint density at radius 2 is 1.71 bits per heavy atom. The Bertz CT molecular complexity index is 987. The summed E-state index contributed by atoms with van der Waals surface area (Å²) in [5.74, 6) is -0.222. The predicted octanol–water partition coefficient (Wildman–Crippen LogP) is 3.76. The summed E-state index contributed by atoms with van der Waals surface area (Å²) in [5, 5.41) is 1.01. The van der Waals surface area contributed by atoms with Gasteiger partial charge in [-0.15, -0.1) is 0 Å². The van der Waals surface area contributed by atoms with Crippen molar-refractivity contribution in [2.45, 2.75) is 25.9 Å². The van der Waals surface area contributed by atoms with E-state index in [4.69, 9.17) is 4.74 Å². The van der Waals surface area contributed by atoms with Gasteiger partial charge in [-0.25, -0.2) is 0 Å². The third kappa shape index (κ3) is 4.03. The van der Waals surface area contributed by atoms with Gasteiger partial charge in [0.05, 0.1) is 11.9 Å². The zero-order valence-electron chi connectivity index (χ0n) is 15.6. The minimum atomic E-state index is -0.296. The third-order valence-electron chi connectivity index (χ3n) is 5.05. The lowest BCUT2D eigenvalue weighted by Gasteiger charge is -2.15. The number of rotatable bonds is 5. The molecule has 1 aliphatic rings. The van der Waals surface area contributed by atoms with Gasteiger partial charge >= 0.3 is 5.97 Å². The van der Waals surface area contributed by atoms with Crippen molar-refractivity contribution in [1.82, 2.24) is 9.88 Å². The highest BCUT2D eigenvalue weighted by Crippen LogP contribution is 2.17. The van der Waals surface area contributed by atoms with Crippen molar-refractivity contribution in [3.63, 3.8) is 0 Å². The van der Waals surface area contributed by atoms with E-state index in [2.05, 4.69) is 4.98 Å². The maximum atomic E-state index is 12.4. The lowest BCUT2D eigenvalue weighted by atomic mass is 10.1. The normalized spacial score (nSPS) is 13.6. The fourth-order valence-electron chi connectivity index (χ4n) is 3.53. The summed E-state index contributed by atoms with van der Waals surface area (Å²) in [6.45, 7) is 1.86. The number of aromatic nitrogens is 1. The summed E-state index contributed by atoms with van der Waals surface area (Å²) < 4.78 is 5.42. The summed E-state index contributed by atoms with van der Waals surface area (Å²) in [6, 6.07) is 16.9. The van der Waals surface area contributed by atoms with Crippen LogP contribution in [-0.4, -0.2) is 34.8 Å². The van der Waals surface area contributed by atoms with Crippen LogP contribution in [0, 0.1) is 0 Å². The molecule has 4 rings (SSSR count). The average Bonchev–Trinajstić information content (AvgIpc) is 3.27. The number of pyridine rings is 1. The Morgan fingerprint density at radius 1 is 0.964 bits per heavy atom. The maximum absolute atomic E-state index is 12.4. The summed E-state index contributed by atoms with van der Waals surface area (Å²) in [4.78, 5) is 30.9. The van der Waals surface area contributed by atoms with Gasteiger partial charge in [-0.1, -0.05) is 36.4 Å². The molecule has 28 heavy (non-hydrogen) atoms. The molecule has 0 radical (unpaired) electrons. The van der Waals surface area contributed by atoms with E-state index in [0.717, 1.165) is 48.0 Å². The zero-order valence-corrected chi connectivity index (χ0v) is 15.6. The van der Waals surface area contributed by atoms with E-state index in [0.29, 0.717) is 5.56 Å². The highest BCUT2D eigenvalue weighted by molar-refractivity contribution is 5.94. The molecule has 3 aromatic rings. The predicted molar refractivity (Wildman–Crippen MR) is 107 cm³/mol. The first-order valence-electron chi connectivity index (χ1n) is 9.57. The Hall–Kier alpha value is -3.21. The summed E-state index contributed by atoms with van der Waals surface area (Å²) in [5.41, 5.74) is 3.22. The van der Waals surface area contributed by atoms with E-state index in [1.807, 2.05) is 47.4 Å². The molecule has 1 aliphatic heterocycles. The zero-order chi connectivity index (χ0) is 19.3. The number of hydrogen-bond donors (Lipinski definition) is 0. The number of nitrogens with zero attached hydrogens (tertiary/aromatic N) is 2. The van der Waals surface area contributed by atoms with Gasteiger partial charge in [0.2, 0.25) is 0 Å². The average molecular weight is 374 g/mol. The minimum absolute atomic E-state index is 0.0736. The number of carbonyl (C=O) groups excluding carboxylic acids is 2. The van der Waals surface area contributed by atoms with E-state index in [9.17, 15) is 9.59 Å². The molecule has 0 saturated carbocycles. The second kappa shape index (κ2) is 8.21. The molecule has 0 unspecified atom stereocenters. The van der Waals surface area contributed by atoms with Crippen LogP contribution in [0.1, 0.15) is 34.3 Å². The molecule has 2 heterocycles. The number of para-hydroxylation sites is 1. The van der Waals surface area contributed by atoms with Crippen LogP contribution in [0.4, 0.5) is 0 Å². The van der Waals surface area contributed by atoms with Gasteiger partial charge in [0.15, 0.2) is 0 Å². The molecule has 0 spiro atoms.